The third-order valence-corrected chi connectivity index (χ3v) is 6.66. The van der Waals surface area contributed by atoms with Crippen molar-refractivity contribution in [3.8, 4) is 5.75 Å². The van der Waals surface area contributed by atoms with Gasteiger partial charge in [-0.3, -0.25) is 4.79 Å². The van der Waals surface area contributed by atoms with E-state index < -0.39 is 28.8 Å². The summed E-state index contributed by atoms with van der Waals surface area (Å²) >= 11 is 0. The number of likely N-dealkylation sites (tertiary alicyclic amines) is 1. The molecule has 2 fully saturated rings. The van der Waals surface area contributed by atoms with E-state index in [0.29, 0.717) is 15.6 Å². The summed E-state index contributed by atoms with van der Waals surface area (Å²) in [6.07, 6.45) is -0.411. The van der Waals surface area contributed by atoms with Crippen molar-refractivity contribution >= 4 is 15.9 Å². The van der Waals surface area contributed by atoms with Crippen LogP contribution >= 0.6 is 0 Å². The average Bonchev–Trinajstić information content (AvgIpc) is 2.61. The summed E-state index contributed by atoms with van der Waals surface area (Å²) in [5, 5.41) is 0. The molecule has 10 heteroatoms. The number of alkyl halides is 3. The first kappa shape index (κ1) is 21.9. The van der Waals surface area contributed by atoms with Gasteiger partial charge in [0.2, 0.25) is 10.0 Å². The molecule has 1 aliphatic heterocycles. The molecule has 1 heterocycles. The van der Waals surface area contributed by atoms with E-state index in [0.717, 1.165) is 25.5 Å². The van der Waals surface area contributed by atoms with Crippen molar-refractivity contribution in [3.05, 3.63) is 29.8 Å². The van der Waals surface area contributed by atoms with Gasteiger partial charge < -0.3 is 9.64 Å². The van der Waals surface area contributed by atoms with Crippen LogP contribution in [0.2, 0.25) is 0 Å². The molecule has 0 aromatic heterocycles. The van der Waals surface area contributed by atoms with Gasteiger partial charge in [0.1, 0.15) is 12.3 Å². The number of rotatable bonds is 6. The minimum Gasteiger partial charge on any atom is -0.490 e. The SMILES string of the molecule is CS(=O)(=O)N(CC(F)(F)F)C1CCN(C(=O)c2ccccc2OC2CCC2)CC1. The zero-order chi connectivity index (χ0) is 21.2. The van der Waals surface area contributed by atoms with Crippen molar-refractivity contribution in [2.24, 2.45) is 0 Å². The number of carbonyl (C=O) groups excluding carboxylic acids is 1. The first-order valence-electron chi connectivity index (χ1n) is 9.63. The molecule has 162 valence electrons. The minimum atomic E-state index is -4.62. The normalized spacial score (nSPS) is 19.3. The maximum absolute atomic E-state index is 12.9. The molecule has 1 saturated heterocycles. The largest absolute Gasteiger partial charge is 0.490 e. The van der Waals surface area contributed by atoms with E-state index in [1.807, 2.05) is 0 Å². The summed E-state index contributed by atoms with van der Waals surface area (Å²) in [5.74, 6) is 0.263. The standard InChI is InChI=1S/C19H25F3N2O4S/c1-29(26,27)24(13-19(20,21)22)14-9-11-23(12-10-14)18(25)16-7-2-3-8-17(16)28-15-5-4-6-15/h2-3,7-8,14-15H,4-6,9-13H2,1H3. The van der Waals surface area contributed by atoms with Crippen molar-refractivity contribution in [1.29, 1.82) is 0 Å². The fraction of sp³-hybridized carbons (Fsp3) is 0.632. The van der Waals surface area contributed by atoms with Crippen LogP contribution in [0.3, 0.4) is 0 Å². The number of hydrogen-bond acceptors (Lipinski definition) is 4. The third-order valence-electron chi connectivity index (χ3n) is 5.38. The second-order valence-electron chi connectivity index (χ2n) is 7.61. The number of sulfonamides is 1. The van der Waals surface area contributed by atoms with Gasteiger partial charge in [-0.2, -0.15) is 17.5 Å². The van der Waals surface area contributed by atoms with Crippen LogP contribution in [0.15, 0.2) is 24.3 Å². The molecule has 0 N–H and O–H groups in total. The van der Waals surface area contributed by atoms with E-state index in [1.165, 1.54) is 0 Å². The summed E-state index contributed by atoms with van der Waals surface area (Å²) < 4.78 is 68.6. The number of halogens is 3. The predicted octanol–water partition coefficient (Wildman–Crippen LogP) is 3.05. The van der Waals surface area contributed by atoms with Gasteiger partial charge in [-0.15, -0.1) is 0 Å². The van der Waals surface area contributed by atoms with E-state index >= 15 is 0 Å². The topological polar surface area (TPSA) is 66.9 Å². The fourth-order valence-corrected chi connectivity index (χ4v) is 4.77. The van der Waals surface area contributed by atoms with Crippen molar-refractivity contribution in [2.45, 2.75) is 50.4 Å². The van der Waals surface area contributed by atoms with E-state index in [9.17, 15) is 26.4 Å². The number of hydrogen-bond donors (Lipinski definition) is 0. The van der Waals surface area contributed by atoms with Crippen LogP contribution in [-0.4, -0.2) is 67.7 Å². The summed E-state index contributed by atoms with van der Waals surface area (Å²) in [6.45, 7) is -1.14. The molecule has 0 spiro atoms. The maximum atomic E-state index is 12.9. The molecule has 0 radical (unpaired) electrons. The second kappa shape index (κ2) is 8.51. The molecule has 1 aromatic carbocycles. The monoisotopic (exact) mass is 434 g/mol. The predicted molar refractivity (Wildman–Crippen MR) is 101 cm³/mol. The van der Waals surface area contributed by atoms with Gasteiger partial charge in [0.05, 0.1) is 17.9 Å². The van der Waals surface area contributed by atoms with E-state index in [1.54, 1.807) is 29.2 Å². The number of benzene rings is 1. The average molecular weight is 434 g/mol. The number of carbonyl (C=O) groups is 1. The molecular formula is C19H25F3N2O4S. The van der Waals surface area contributed by atoms with Gasteiger partial charge in [0.25, 0.3) is 5.91 Å². The summed E-state index contributed by atoms with van der Waals surface area (Å²) in [6, 6.07) is 6.17. The Bertz CT molecular complexity index is 832. The Morgan fingerprint density at radius 2 is 1.79 bits per heavy atom. The first-order valence-corrected chi connectivity index (χ1v) is 11.5. The van der Waals surface area contributed by atoms with E-state index in [4.69, 9.17) is 4.74 Å². The zero-order valence-corrected chi connectivity index (χ0v) is 17.0. The van der Waals surface area contributed by atoms with Gasteiger partial charge in [0.15, 0.2) is 0 Å². The van der Waals surface area contributed by atoms with Crippen LogP contribution in [0.1, 0.15) is 42.5 Å². The van der Waals surface area contributed by atoms with Crippen LogP contribution in [0.4, 0.5) is 13.2 Å². The van der Waals surface area contributed by atoms with E-state index in [2.05, 4.69) is 0 Å². The van der Waals surface area contributed by atoms with Gasteiger partial charge in [-0.25, -0.2) is 8.42 Å². The number of amides is 1. The van der Waals surface area contributed by atoms with Gasteiger partial charge in [0, 0.05) is 19.1 Å². The number of nitrogens with zero attached hydrogens (tertiary/aromatic N) is 2. The molecule has 1 saturated carbocycles. The lowest BCUT2D eigenvalue weighted by Crippen LogP contribution is -2.51. The van der Waals surface area contributed by atoms with Crippen molar-refractivity contribution in [1.82, 2.24) is 9.21 Å². The smallest absolute Gasteiger partial charge is 0.402 e. The first-order chi connectivity index (χ1) is 13.5. The second-order valence-corrected chi connectivity index (χ2v) is 9.55. The molecule has 0 bridgehead atoms. The van der Waals surface area contributed by atoms with Crippen molar-refractivity contribution < 1.29 is 31.1 Å². The lowest BCUT2D eigenvalue weighted by Gasteiger charge is -2.37. The highest BCUT2D eigenvalue weighted by atomic mass is 32.2. The highest BCUT2D eigenvalue weighted by Crippen LogP contribution is 2.30. The molecule has 6 nitrogen and oxygen atoms in total. The molecule has 0 atom stereocenters. The lowest BCUT2D eigenvalue weighted by molar-refractivity contribution is -0.140. The molecule has 1 amide bonds. The Morgan fingerprint density at radius 1 is 1.17 bits per heavy atom. The van der Waals surface area contributed by atoms with Gasteiger partial charge in [-0.05, 0) is 44.2 Å². The molecule has 1 aromatic rings. The Hall–Kier alpha value is -1.81. The summed E-state index contributed by atoms with van der Waals surface area (Å²) in [4.78, 5) is 14.5. The highest BCUT2D eigenvalue weighted by molar-refractivity contribution is 7.88. The maximum Gasteiger partial charge on any atom is 0.402 e. The van der Waals surface area contributed by atoms with Gasteiger partial charge >= 0.3 is 6.18 Å². The number of para-hydroxylation sites is 1. The molecule has 1 aliphatic carbocycles. The molecule has 0 unspecified atom stereocenters. The Morgan fingerprint density at radius 3 is 2.31 bits per heavy atom. The Kier molecular flexibility index (Phi) is 6.42. The van der Waals surface area contributed by atoms with Crippen LogP contribution in [0, 0.1) is 0 Å². The summed E-state index contributed by atoms with van der Waals surface area (Å²) in [7, 11) is -4.01. The quantitative estimate of drug-likeness (QED) is 0.690. The third kappa shape index (κ3) is 5.63. The van der Waals surface area contributed by atoms with Crippen molar-refractivity contribution in [2.75, 3.05) is 25.9 Å². The van der Waals surface area contributed by atoms with E-state index in [-0.39, 0.29) is 37.9 Å². The highest BCUT2D eigenvalue weighted by Gasteiger charge is 2.40. The molecule has 2 aliphatic rings. The van der Waals surface area contributed by atoms with Crippen LogP contribution in [0.5, 0.6) is 5.75 Å². The Labute approximate surface area is 168 Å². The van der Waals surface area contributed by atoms with Crippen molar-refractivity contribution in [3.63, 3.8) is 0 Å². The molecular weight excluding hydrogens is 409 g/mol. The zero-order valence-electron chi connectivity index (χ0n) is 16.2. The number of ether oxygens (including phenoxy) is 1. The Balaban J connectivity index is 1.66. The fourth-order valence-electron chi connectivity index (χ4n) is 3.64. The lowest BCUT2D eigenvalue weighted by atomic mass is 9.96. The number of piperidine rings is 1. The molecule has 29 heavy (non-hydrogen) atoms. The molecule has 3 rings (SSSR count). The van der Waals surface area contributed by atoms with Crippen LogP contribution in [-0.2, 0) is 10.0 Å². The van der Waals surface area contributed by atoms with Crippen LogP contribution < -0.4 is 4.74 Å². The minimum absolute atomic E-state index is 0.111. The summed E-state index contributed by atoms with van der Waals surface area (Å²) in [5.41, 5.74) is 0.424. The van der Waals surface area contributed by atoms with Gasteiger partial charge in [-0.1, -0.05) is 12.1 Å². The van der Waals surface area contributed by atoms with Crippen LogP contribution in [0.25, 0.3) is 0 Å².